The summed E-state index contributed by atoms with van der Waals surface area (Å²) in [4.78, 5) is 6.68. The largest absolute Gasteiger partial charge is 0.485 e. The number of anilines is 1. The molecular formula is C26H31N5O2. The molecule has 0 aliphatic carbocycles. The van der Waals surface area contributed by atoms with Crippen molar-refractivity contribution in [3.05, 3.63) is 60.0 Å². The third-order valence-corrected chi connectivity index (χ3v) is 5.71. The monoisotopic (exact) mass is 445 g/mol. The maximum absolute atomic E-state index is 9.81. The second-order valence-corrected chi connectivity index (χ2v) is 9.15. The fraction of sp³-hybridized carbons (Fsp3) is 0.385. The lowest BCUT2D eigenvalue weighted by Crippen LogP contribution is -2.31. The molecule has 1 aliphatic rings. The van der Waals surface area contributed by atoms with Gasteiger partial charge in [0.2, 0.25) is 0 Å². The van der Waals surface area contributed by atoms with Crippen LogP contribution < -0.4 is 10.5 Å². The highest BCUT2D eigenvalue weighted by Crippen LogP contribution is 2.29. The Bertz CT molecular complexity index is 1160. The van der Waals surface area contributed by atoms with Crippen molar-refractivity contribution in [2.24, 2.45) is 0 Å². The molecule has 0 bridgehead atoms. The van der Waals surface area contributed by atoms with Gasteiger partial charge in [0.15, 0.2) is 11.6 Å². The number of pyridine rings is 1. The van der Waals surface area contributed by atoms with Gasteiger partial charge in [0.25, 0.3) is 0 Å². The third-order valence-electron chi connectivity index (χ3n) is 5.71. The number of ether oxygens (including phenoxy) is 1. The lowest BCUT2D eigenvalue weighted by Gasteiger charge is -2.28. The predicted octanol–water partition coefficient (Wildman–Crippen LogP) is 3.50. The highest BCUT2D eigenvalue weighted by Gasteiger charge is 2.19. The van der Waals surface area contributed by atoms with Gasteiger partial charge in [-0.05, 0) is 70.6 Å². The first-order valence-electron chi connectivity index (χ1n) is 11.2. The van der Waals surface area contributed by atoms with Crippen molar-refractivity contribution in [3.63, 3.8) is 0 Å². The molecular weight excluding hydrogens is 414 g/mol. The molecule has 0 radical (unpaired) electrons. The number of nitrogens with zero attached hydrogens (tertiary/aromatic N) is 4. The number of nitrogens with two attached hydrogens (primary N) is 1. The van der Waals surface area contributed by atoms with E-state index in [4.69, 9.17) is 10.5 Å². The van der Waals surface area contributed by atoms with Crippen LogP contribution in [-0.4, -0.2) is 50.5 Å². The summed E-state index contributed by atoms with van der Waals surface area (Å²) in [6.07, 6.45) is 7.92. The fourth-order valence-electron chi connectivity index (χ4n) is 3.80. The number of hydrogen-bond donors (Lipinski definition) is 2. The van der Waals surface area contributed by atoms with Gasteiger partial charge in [-0.2, -0.15) is 5.10 Å². The first kappa shape index (κ1) is 22.8. The second kappa shape index (κ2) is 9.65. The molecule has 2 aromatic heterocycles. The molecule has 7 heteroatoms. The zero-order valence-electron chi connectivity index (χ0n) is 19.5. The Hall–Kier alpha value is -3.34. The van der Waals surface area contributed by atoms with Crippen LogP contribution in [0.3, 0.4) is 0 Å². The Morgan fingerprint density at radius 2 is 1.97 bits per heavy atom. The van der Waals surface area contributed by atoms with E-state index in [1.165, 1.54) is 0 Å². The molecule has 0 atom stereocenters. The molecule has 33 heavy (non-hydrogen) atoms. The SMILES string of the molecule is CN1CCC(n2cc(-c3cnc(N)c(OCc4cccc(C#CC(C)(C)O)c4)c3)cn2)CC1. The number of aliphatic hydroxyl groups is 1. The van der Waals surface area contributed by atoms with Gasteiger partial charge in [-0.1, -0.05) is 24.0 Å². The van der Waals surface area contributed by atoms with Crippen molar-refractivity contribution >= 4 is 5.82 Å². The average Bonchev–Trinajstić information content (AvgIpc) is 3.28. The van der Waals surface area contributed by atoms with E-state index >= 15 is 0 Å². The highest BCUT2D eigenvalue weighted by atomic mass is 16.5. The van der Waals surface area contributed by atoms with Gasteiger partial charge in [-0.3, -0.25) is 4.68 Å². The molecule has 0 spiro atoms. The molecule has 3 N–H and O–H groups in total. The molecule has 1 fully saturated rings. The van der Waals surface area contributed by atoms with Gasteiger partial charge in [0.05, 0.1) is 12.2 Å². The van der Waals surface area contributed by atoms with Gasteiger partial charge in [0.1, 0.15) is 12.2 Å². The second-order valence-electron chi connectivity index (χ2n) is 9.15. The number of likely N-dealkylation sites (tertiary alicyclic amines) is 1. The molecule has 172 valence electrons. The van der Waals surface area contributed by atoms with Gasteiger partial charge in [0, 0.05) is 29.1 Å². The molecule has 0 amide bonds. The lowest BCUT2D eigenvalue weighted by molar-refractivity contribution is 0.143. The first-order valence-corrected chi connectivity index (χ1v) is 11.2. The fourth-order valence-corrected chi connectivity index (χ4v) is 3.80. The summed E-state index contributed by atoms with van der Waals surface area (Å²) in [5, 5.41) is 14.4. The molecule has 7 nitrogen and oxygen atoms in total. The Labute approximate surface area is 195 Å². The quantitative estimate of drug-likeness (QED) is 0.585. The van der Waals surface area contributed by atoms with Gasteiger partial charge in [-0.25, -0.2) is 4.98 Å². The minimum atomic E-state index is -1.03. The molecule has 4 rings (SSSR count). The maximum Gasteiger partial charge on any atom is 0.166 e. The van der Waals surface area contributed by atoms with E-state index in [1.807, 2.05) is 36.5 Å². The minimum Gasteiger partial charge on any atom is -0.485 e. The zero-order chi connectivity index (χ0) is 23.4. The number of piperidine rings is 1. The van der Waals surface area contributed by atoms with E-state index in [0.717, 1.165) is 48.2 Å². The maximum atomic E-state index is 9.81. The summed E-state index contributed by atoms with van der Waals surface area (Å²) in [6.45, 7) is 5.83. The minimum absolute atomic E-state index is 0.336. The topological polar surface area (TPSA) is 89.4 Å². The standard InChI is InChI=1S/C26H31N5O2/c1-26(2,32)10-7-19-5-4-6-20(13-19)18-33-24-14-21(15-28-25(24)27)22-16-29-31(17-22)23-8-11-30(3)12-9-23/h4-6,13-17,23,32H,8-9,11-12,18H2,1-3H3,(H2,27,28). The van der Waals surface area contributed by atoms with Crippen LogP contribution in [0, 0.1) is 11.8 Å². The number of benzene rings is 1. The van der Waals surface area contributed by atoms with E-state index in [0.29, 0.717) is 24.2 Å². The predicted molar refractivity (Wildman–Crippen MR) is 130 cm³/mol. The van der Waals surface area contributed by atoms with E-state index < -0.39 is 5.60 Å². The normalized spacial score (nSPS) is 15.2. The third kappa shape index (κ3) is 6.13. The van der Waals surface area contributed by atoms with Crippen LogP contribution in [0.25, 0.3) is 11.1 Å². The summed E-state index contributed by atoms with van der Waals surface area (Å²) in [7, 11) is 2.16. The highest BCUT2D eigenvalue weighted by molar-refractivity contribution is 5.65. The molecule has 0 unspecified atom stereocenters. The smallest absolute Gasteiger partial charge is 0.166 e. The van der Waals surface area contributed by atoms with Crippen LogP contribution in [0.2, 0.25) is 0 Å². The van der Waals surface area contributed by atoms with Crippen molar-refractivity contribution < 1.29 is 9.84 Å². The molecule has 3 heterocycles. The number of nitrogen functional groups attached to an aromatic ring is 1. The first-order chi connectivity index (χ1) is 15.8. The Balaban J connectivity index is 1.46. The van der Waals surface area contributed by atoms with E-state index in [9.17, 15) is 5.11 Å². The van der Waals surface area contributed by atoms with Crippen LogP contribution in [0.15, 0.2) is 48.9 Å². The van der Waals surface area contributed by atoms with Gasteiger partial charge < -0.3 is 20.5 Å². The van der Waals surface area contributed by atoms with Crippen LogP contribution >= 0.6 is 0 Å². The summed E-state index contributed by atoms with van der Waals surface area (Å²) >= 11 is 0. The number of aromatic nitrogens is 3. The molecule has 1 aliphatic heterocycles. The number of rotatable bonds is 5. The summed E-state index contributed by atoms with van der Waals surface area (Å²) < 4.78 is 8.07. The molecule has 1 saturated heterocycles. The van der Waals surface area contributed by atoms with E-state index in [-0.39, 0.29) is 0 Å². The Morgan fingerprint density at radius 1 is 1.18 bits per heavy atom. The Kier molecular flexibility index (Phi) is 6.68. The van der Waals surface area contributed by atoms with Crippen molar-refractivity contribution in [1.29, 1.82) is 0 Å². The lowest BCUT2D eigenvalue weighted by atomic mass is 10.1. The molecule has 3 aromatic rings. The Morgan fingerprint density at radius 3 is 2.73 bits per heavy atom. The van der Waals surface area contributed by atoms with Crippen LogP contribution in [0.4, 0.5) is 5.82 Å². The number of hydrogen-bond acceptors (Lipinski definition) is 6. The summed E-state index contributed by atoms with van der Waals surface area (Å²) in [5.41, 5.74) is 8.74. The van der Waals surface area contributed by atoms with Crippen LogP contribution in [-0.2, 0) is 6.61 Å². The van der Waals surface area contributed by atoms with Crippen LogP contribution in [0.5, 0.6) is 5.75 Å². The molecule has 1 aromatic carbocycles. The molecule has 0 saturated carbocycles. The zero-order valence-corrected chi connectivity index (χ0v) is 19.5. The van der Waals surface area contributed by atoms with Crippen molar-refractivity contribution in [2.45, 2.75) is 44.9 Å². The van der Waals surface area contributed by atoms with E-state index in [2.05, 4.69) is 44.7 Å². The van der Waals surface area contributed by atoms with Gasteiger partial charge >= 0.3 is 0 Å². The summed E-state index contributed by atoms with van der Waals surface area (Å²) in [6, 6.07) is 10.1. The van der Waals surface area contributed by atoms with E-state index in [1.54, 1.807) is 20.0 Å². The summed E-state index contributed by atoms with van der Waals surface area (Å²) in [5.74, 6) is 6.70. The van der Waals surface area contributed by atoms with Crippen molar-refractivity contribution in [1.82, 2.24) is 19.7 Å². The van der Waals surface area contributed by atoms with Crippen LogP contribution in [0.1, 0.15) is 43.9 Å². The van der Waals surface area contributed by atoms with Crippen molar-refractivity contribution in [2.75, 3.05) is 25.9 Å². The van der Waals surface area contributed by atoms with Crippen molar-refractivity contribution in [3.8, 4) is 28.7 Å². The van der Waals surface area contributed by atoms with Gasteiger partial charge in [-0.15, -0.1) is 0 Å². The average molecular weight is 446 g/mol.